The summed E-state index contributed by atoms with van der Waals surface area (Å²) in [5.41, 5.74) is 0.368. The van der Waals surface area contributed by atoms with Gasteiger partial charge in [0.2, 0.25) is 0 Å². The fraction of sp³-hybridized carbons (Fsp3) is 1.00. The van der Waals surface area contributed by atoms with E-state index < -0.39 is 0 Å². The molecule has 0 aromatic carbocycles. The van der Waals surface area contributed by atoms with Gasteiger partial charge in [0.15, 0.2) is 0 Å². The van der Waals surface area contributed by atoms with Crippen LogP contribution >= 0.6 is 0 Å². The minimum Gasteiger partial charge on any atom is -0.379 e. The molecule has 1 aliphatic rings. The van der Waals surface area contributed by atoms with Gasteiger partial charge in [0.1, 0.15) is 0 Å². The third kappa shape index (κ3) is 4.57. The van der Waals surface area contributed by atoms with E-state index in [2.05, 4.69) is 45.3 Å². The van der Waals surface area contributed by atoms with E-state index in [1.807, 2.05) is 0 Å². The van der Waals surface area contributed by atoms with Crippen LogP contribution in [0.25, 0.3) is 0 Å². The van der Waals surface area contributed by atoms with Crippen LogP contribution in [0.15, 0.2) is 0 Å². The van der Waals surface area contributed by atoms with Crippen LogP contribution in [0.1, 0.15) is 34.6 Å². The Labute approximate surface area is 107 Å². The molecular formula is C14H30N2O. The van der Waals surface area contributed by atoms with Crippen LogP contribution in [0.3, 0.4) is 0 Å². The molecule has 3 heteroatoms. The summed E-state index contributed by atoms with van der Waals surface area (Å²) >= 11 is 0. The molecule has 17 heavy (non-hydrogen) atoms. The second-order valence-electron chi connectivity index (χ2n) is 6.24. The maximum atomic E-state index is 5.55. The molecule has 0 aliphatic carbocycles. The smallest absolute Gasteiger partial charge is 0.0623 e. The van der Waals surface area contributed by atoms with Crippen LogP contribution < -0.4 is 10.6 Å². The molecule has 0 spiro atoms. The molecule has 2 atom stereocenters. The van der Waals surface area contributed by atoms with E-state index in [9.17, 15) is 0 Å². The maximum Gasteiger partial charge on any atom is 0.0623 e. The lowest BCUT2D eigenvalue weighted by Gasteiger charge is -2.30. The summed E-state index contributed by atoms with van der Waals surface area (Å²) in [6.45, 7) is 16.3. The van der Waals surface area contributed by atoms with E-state index in [0.717, 1.165) is 32.8 Å². The van der Waals surface area contributed by atoms with Crippen molar-refractivity contribution in [3.05, 3.63) is 0 Å². The number of hydrogen-bond acceptors (Lipinski definition) is 3. The van der Waals surface area contributed by atoms with Crippen molar-refractivity contribution in [3.8, 4) is 0 Å². The largest absolute Gasteiger partial charge is 0.379 e. The van der Waals surface area contributed by atoms with E-state index in [4.69, 9.17) is 4.74 Å². The Hall–Kier alpha value is -0.120. The highest BCUT2D eigenvalue weighted by Crippen LogP contribution is 2.24. The highest BCUT2D eigenvalue weighted by Gasteiger charge is 2.28. The first-order valence-electron chi connectivity index (χ1n) is 6.99. The Morgan fingerprint density at radius 1 is 1.29 bits per heavy atom. The molecule has 0 aromatic rings. The molecule has 0 aromatic heterocycles. The van der Waals surface area contributed by atoms with Crippen molar-refractivity contribution < 1.29 is 4.74 Å². The van der Waals surface area contributed by atoms with E-state index in [1.165, 1.54) is 0 Å². The molecule has 2 unspecified atom stereocenters. The third-order valence-corrected chi connectivity index (χ3v) is 4.21. The minimum atomic E-state index is 0.368. The Kier molecular flexibility index (Phi) is 5.90. The van der Waals surface area contributed by atoms with Crippen LogP contribution in [0.5, 0.6) is 0 Å². The predicted octanol–water partition coefficient (Wildman–Crippen LogP) is 1.88. The zero-order valence-electron chi connectivity index (χ0n) is 12.2. The Balaban J connectivity index is 2.26. The van der Waals surface area contributed by atoms with Gasteiger partial charge >= 0.3 is 0 Å². The summed E-state index contributed by atoms with van der Waals surface area (Å²) in [5.74, 6) is 1.33. The lowest BCUT2D eigenvalue weighted by Crippen LogP contribution is -2.42. The number of hydrogen-bond donors (Lipinski definition) is 2. The van der Waals surface area contributed by atoms with Gasteiger partial charge in [0, 0.05) is 25.0 Å². The molecule has 0 saturated carbocycles. The molecule has 1 heterocycles. The first-order chi connectivity index (χ1) is 7.97. The SMILES string of the molecule is CCNC1COCC1CNCC(C)(C)C(C)C. The van der Waals surface area contributed by atoms with E-state index in [-0.39, 0.29) is 0 Å². The van der Waals surface area contributed by atoms with Gasteiger partial charge in [-0.2, -0.15) is 0 Å². The normalized spacial score (nSPS) is 25.8. The first kappa shape index (κ1) is 14.9. The quantitative estimate of drug-likeness (QED) is 0.715. The van der Waals surface area contributed by atoms with Crippen molar-refractivity contribution in [3.63, 3.8) is 0 Å². The van der Waals surface area contributed by atoms with Gasteiger partial charge in [-0.05, 0) is 17.9 Å². The fourth-order valence-corrected chi connectivity index (χ4v) is 2.07. The van der Waals surface area contributed by atoms with Crippen molar-refractivity contribution in [2.45, 2.75) is 40.7 Å². The highest BCUT2D eigenvalue weighted by atomic mass is 16.5. The number of ether oxygens (including phenoxy) is 1. The second-order valence-corrected chi connectivity index (χ2v) is 6.24. The lowest BCUT2D eigenvalue weighted by atomic mass is 9.81. The highest BCUT2D eigenvalue weighted by molar-refractivity contribution is 4.83. The molecular weight excluding hydrogens is 212 g/mol. The molecule has 0 radical (unpaired) electrons. The van der Waals surface area contributed by atoms with Gasteiger partial charge in [-0.1, -0.05) is 34.6 Å². The van der Waals surface area contributed by atoms with Gasteiger partial charge < -0.3 is 15.4 Å². The maximum absolute atomic E-state index is 5.55. The minimum absolute atomic E-state index is 0.368. The number of nitrogens with one attached hydrogen (secondary N) is 2. The zero-order chi connectivity index (χ0) is 12.9. The Bertz CT molecular complexity index is 216. The van der Waals surface area contributed by atoms with Gasteiger partial charge in [-0.15, -0.1) is 0 Å². The topological polar surface area (TPSA) is 33.3 Å². The molecule has 102 valence electrons. The molecule has 1 fully saturated rings. The predicted molar refractivity (Wildman–Crippen MR) is 73.3 cm³/mol. The van der Waals surface area contributed by atoms with Crippen LogP contribution in [0.2, 0.25) is 0 Å². The first-order valence-corrected chi connectivity index (χ1v) is 6.99. The van der Waals surface area contributed by atoms with E-state index in [1.54, 1.807) is 0 Å². The summed E-state index contributed by atoms with van der Waals surface area (Å²) in [6.07, 6.45) is 0. The second kappa shape index (κ2) is 6.72. The summed E-state index contributed by atoms with van der Waals surface area (Å²) in [7, 11) is 0. The number of likely N-dealkylation sites (N-methyl/N-ethyl adjacent to an activating group) is 1. The fourth-order valence-electron chi connectivity index (χ4n) is 2.07. The zero-order valence-corrected chi connectivity index (χ0v) is 12.2. The van der Waals surface area contributed by atoms with Crippen LogP contribution in [-0.2, 0) is 4.74 Å². The van der Waals surface area contributed by atoms with Gasteiger partial charge in [-0.25, -0.2) is 0 Å². The lowest BCUT2D eigenvalue weighted by molar-refractivity contribution is 0.180. The molecule has 1 saturated heterocycles. The van der Waals surface area contributed by atoms with Crippen LogP contribution in [0.4, 0.5) is 0 Å². The Morgan fingerprint density at radius 2 is 2.00 bits per heavy atom. The van der Waals surface area contributed by atoms with Gasteiger partial charge in [0.25, 0.3) is 0 Å². The van der Waals surface area contributed by atoms with E-state index >= 15 is 0 Å². The number of rotatable bonds is 7. The van der Waals surface area contributed by atoms with Crippen LogP contribution in [0, 0.1) is 17.3 Å². The van der Waals surface area contributed by atoms with Crippen molar-refractivity contribution in [1.82, 2.24) is 10.6 Å². The monoisotopic (exact) mass is 242 g/mol. The van der Waals surface area contributed by atoms with E-state index in [0.29, 0.717) is 23.3 Å². The third-order valence-electron chi connectivity index (χ3n) is 4.21. The van der Waals surface area contributed by atoms with Crippen molar-refractivity contribution >= 4 is 0 Å². The molecule has 3 nitrogen and oxygen atoms in total. The molecule has 0 amide bonds. The van der Waals surface area contributed by atoms with Crippen LogP contribution in [-0.4, -0.2) is 38.9 Å². The van der Waals surface area contributed by atoms with Crippen molar-refractivity contribution in [1.29, 1.82) is 0 Å². The summed E-state index contributed by atoms with van der Waals surface area (Å²) < 4.78 is 5.55. The van der Waals surface area contributed by atoms with Crippen molar-refractivity contribution in [2.24, 2.45) is 17.3 Å². The summed E-state index contributed by atoms with van der Waals surface area (Å²) in [4.78, 5) is 0. The average molecular weight is 242 g/mol. The van der Waals surface area contributed by atoms with Crippen molar-refractivity contribution in [2.75, 3.05) is 32.8 Å². The summed E-state index contributed by atoms with van der Waals surface area (Å²) in [5, 5.41) is 7.12. The van der Waals surface area contributed by atoms with Gasteiger partial charge in [0.05, 0.1) is 13.2 Å². The molecule has 0 bridgehead atoms. The Morgan fingerprint density at radius 3 is 2.59 bits per heavy atom. The average Bonchev–Trinajstić information content (AvgIpc) is 2.66. The summed E-state index contributed by atoms with van der Waals surface area (Å²) in [6, 6.07) is 0.537. The van der Waals surface area contributed by atoms with Gasteiger partial charge in [-0.3, -0.25) is 0 Å². The molecule has 1 aliphatic heterocycles. The molecule has 2 N–H and O–H groups in total. The molecule has 1 rings (SSSR count). The standard InChI is InChI=1S/C14H30N2O/c1-6-16-13-9-17-8-12(13)7-15-10-14(4,5)11(2)3/h11-13,15-16H,6-10H2,1-5H3.